The number of amides is 2. The monoisotopic (exact) mass is 383 g/mol. The first-order chi connectivity index (χ1) is 12.5. The number of rotatable bonds is 5. The van der Waals surface area contributed by atoms with E-state index in [0.29, 0.717) is 14.9 Å². The Morgan fingerprint density at radius 1 is 1.31 bits per heavy atom. The Balaban J connectivity index is 1.60. The average molecular weight is 383 g/mol. The van der Waals surface area contributed by atoms with Crippen molar-refractivity contribution in [2.75, 3.05) is 11.9 Å². The number of carbonyl (C=O) groups is 2. The Kier molecular flexibility index (Phi) is 5.80. The summed E-state index contributed by atoms with van der Waals surface area (Å²) in [5, 5.41) is 2.75. The highest BCUT2D eigenvalue weighted by Gasteiger charge is 2.32. The fourth-order valence-corrected chi connectivity index (χ4v) is 3.69. The van der Waals surface area contributed by atoms with Gasteiger partial charge in [-0.2, -0.15) is 0 Å². The number of anilines is 1. The molecule has 2 aromatic rings. The van der Waals surface area contributed by atoms with Gasteiger partial charge in [-0.3, -0.25) is 19.5 Å². The minimum absolute atomic E-state index is 0.158. The SMILES string of the molecule is Cc1ccc(C=C2SC(=S)N(CCC(=O)Nc3cccnc3)C2=O)cc1. The van der Waals surface area contributed by atoms with E-state index in [1.54, 1.807) is 24.5 Å². The van der Waals surface area contributed by atoms with Gasteiger partial charge in [0.15, 0.2) is 0 Å². The molecule has 1 N–H and O–H groups in total. The van der Waals surface area contributed by atoms with E-state index < -0.39 is 0 Å². The van der Waals surface area contributed by atoms with Crippen molar-refractivity contribution < 1.29 is 9.59 Å². The van der Waals surface area contributed by atoms with E-state index in [0.717, 1.165) is 11.1 Å². The smallest absolute Gasteiger partial charge is 0.266 e. The van der Waals surface area contributed by atoms with Crippen LogP contribution in [-0.4, -0.2) is 32.6 Å². The summed E-state index contributed by atoms with van der Waals surface area (Å²) in [6.07, 6.45) is 5.20. The zero-order chi connectivity index (χ0) is 18.5. The van der Waals surface area contributed by atoms with Crippen LogP contribution in [-0.2, 0) is 9.59 Å². The predicted molar refractivity (Wildman–Crippen MR) is 109 cm³/mol. The molecule has 0 radical (unpaired) electrons. The van der Waals surface area contributed by atoms with E-state index >= 15 is 0 Å². The van der Waals surface area contributed by atoms with Crippen LogP contribution < -0.4 is 5.32 Å². The zero-order valence-corrected chi connectivity index (χ0v) is 15.8. The highest BCUT2D eigenvalue weighted by molar-refractivity contribution is 8.26. The van der Waals surface area contributed by atoms with Gasteiger partial charge in [-0.05, 0) is 30.7 Å². The van der Waals surface area contributed by atoms with Gasteiger partial charge in [0.1, 0.15) is 4.32 Å². The van der Waals surface area contributed by atoms with Gasteiger partial charge in [0.25, 0.3) is 5.91 Å². The number of nitrogens with one attached hydrogen (secondary N) is 1. The Bertz CT molecular complexity index is 864. The second-order valence-corrected chi connectivity index (χ2v) is 7.46. The molecule has 1 aromatic carbocycles. The number of thiocarbonyl (C=S) groups is 1. The summed E-state index contributed by atoms with van der Waals surface area (Å²) < 4.78 is 0.475. The molecular weight excluding hydrogens is 366 g/mol. The fourth-order valence-electron chi connectivity index (χ4n) is 2.38. The molecule has 1 aliphatic rings. The van der Waals surface area contributed by atoms with Gasteiger partial charge in [-0.1, -0.05) is 53.8 Å². The molecule has 0 unspecified atom stereocenters. The molecule has 1 aliphatic heterocycles. The number of aromatic nitrogens is 1. The lowest BCUT2D eigenvalue weighted by Crippen LogP contribution is -2.31. The molecule has 26 heavy (non-hydrogen) atoms. The van der Waals surface area contributed by atoms with E-state index in [4.69, 9.17) is 12.2 Å². The molecule has 5 nitrogen and oxygen atoms in total. The fraction of sp³-hybridized carbons (Fsp3) is 0.158. The summed E-state index contributed by atoms with van der Waals surface area (Å²) in [5.41, 5.74) is 2.74. The molecule has 1 fully saturated rings. The van der Waals surface area contributed by atoms with E-state index in [2.05, 4.69) is 10.3 Å². The highest BCUT2D eigenvalue weighted by atomic mass is 32.2. The first kappa shape index (κ1) is 18.3. The molecule has 0 saturated carbocycles. The maximum atomic E-state index is 12.6. The van der Waals surface area contributed by atoms with Crippen LogP contribution in [0.15, 0.2) is 53.7 Å². The molecule has 2 heterocycles. The maximum Gasteiger partial charge on any atom is 0.266 e. The maximum absolute atomic E-state index is 12.6. The molecule has 1 saturated heterocycles. The van der Waals surface area contributed by atoms with E-state index in [1.807, 2.05) is 37.3 Å². The van der Waals surface area contributed by atoms with Gasteiger partial charge in [-0.15, -0.1) is 0 Å². The number of pyridine rings is 1. The Labute approximate surface area is 161 Å². The molecule has 2 amide bonds. The topological polar surface area (TPSA) is 62.3 Å². The Morgan fingerprint density at radius 3 is 2.77 bits per heavy atom. The molecule has 1 aromatic heterocycles. The van der Waals surface area contributed by atoms with Gasteiger partial charge >= 0.3 is 0 Å². The van der Waals surface area contributed by atoms with Crippen molar-refractivity contribution >= 4 is 51.9 Å². The van der Waals surface area contributed by atoms with Crippen LogP contribution in [0.4, 0.5) is 5.69 Å². The molecule has 0 atom stereocenters. The second-order valence-electron chi connectivity index (χ2n) is 5.78. The number of hydrogen-bond donors (Lipinski definition) is 1. The highest BCUT2D eigenvalue weighted by Crippen LogP contribution is 2.32. The van der Waals surface area contributed by atoms with Crippen LogP contribution in [0.25, 0.3) is 6.08 Å². The van der Waals surface area contributed by atoms with Crippen molar-refractivity contribution in [1.82, 2.24) is 9.88 Å². The summed E-state index contributed by atoms with van der Waals surface area (Å²) in [4.78, 5) is 30.6. The van der Waals surface area contributed by atoms with Crippen LogP contribution in [0.3, 0.4) is 0 Å². The summed E-state index contributed by atoms with van der Waals surface area (Å²) in [7, 11) is 0. The average Bonchev–Trinajstić information content (AvgIpc) is 2.89. The largest absolute Gasteiger partial charge is 0.325 e. The third-order valence-electron chi connectivity index (χ3n) is 3.76. The van der Waals surface area contributed by atoms with Crippen LogP contribution in [0.2, 0.25) is 0 Å². The van der Waals surface area contributed by atoms with Crippen LogP contribution >= 0.6 is 24.0 Å². The minimum Gasteiger partial charge on any atom is -0.325 e. The lowest BCUT2D eigenvalue weighted by atomic mass is 10.1. The minimum atomic E-state index is -0.186. The van der Waals surface area contributed by atoms with Gasteiger partial charge in [-0.25, -0.2) is 0 Å². The molecular formula is C19H17N3O2S2. The first-order valence-electron chi connectivity index (χ1n) is 8.05. The molecule has 0 aliphatic carbocycles. The first-order valence-corrected chi connectivity index (χ1v) is 9.27. The third-order valence-corrected chi connectivity index (χ3v) is 5.13. The van der Waals surface area contributed by atoms with E-state index in [1.165, 1.54) is 16.7 Å². The molecule has 0 spiro atoms. The van der Waals surface area contributed by atoms with Crippen LogP contribution in [0.5, 0.6) is 0 Å². The zero-order valence-electron chi connectivity index (χ0n) is 14.1. The number of nitrogens with zero attached hydrogens (tertiary/aromatic N) is 2. The Hall–Kier alpha value is -2.51. The van der Waals surface area contributed by atoms with E-state index in [-0.39, 0.29) is 24.8 Å². The van der Waals surface area contributed by atoms with Gasteiger partial charge in [0, 0.05) is 19.2 Å². The molecule has 3 rings (SSSR count). The van der Waals surface area contributed by atoms with E-state index in [9.17, 15) is 9.59 Å². The van der Waals surface area contributed by atoms with Gasteiger partial charge in [0.2, 0.25) is 5.91 Å². The van der Waals surface area contributed by atoms with Crippen molar-refractivity contribution in [2.45, 2.75) is 13.3 Å². The van der Waals surface area contributed by atoms with Crippen LogP contribution in [0.1, 0.15) is 17.5 Å². The number of carbonyl (C=O) groups excluding carboxylic acids is 2. The van der Waals surface area contributed by atoms with Crippen molar-refractivity contribution in [1.29, 1.82) is 0 Å². The molecule has 7 heteroatoms. The van der Waals surface area contributed by atoms with Crippen molar-refractivity contribution in [3.8, 4) is 0 Å². The predicted octanol–water partition coefficient (Wildman–Crippen LogP) is 3.62. The summed E-state index contributed by atoms with van der Waals surface area (Å²) in [6, 6.07) is 11.4. The molecule has 132 valence electrons. The van der Waals surface area contributed by atoms with Gasteiger partial charge in [0.05, 0.1) is 16.8 Å². The van der Waals surface area contributed by atoms with Crippen molar-refractivity contribution in [3.63, 3.8) is 0 Å². The number of hydrogen-bond acceptors (Lipinski definition) is 5. The normalized spacial score (nSPS) is 15.6. The summed E-state index contributed by atoms with van der Waals surface area (Å²) >= 11 is 6.56. The number of benzene rings is 1. The number of thioether (sulfide) groups is 1. The van der Waals surface area contributed by atoms with Crippen LogP contribution in [0, 0.1) is 6.92 Å². The third kappa shape index (κ3) is 4.56. The Morgan fingerprint density at radius 2 is 2.08 bits per heavy atom. The van der Waals surface area contributed by atoms with Gasteiger partial charge < -0.3 is 5.32 Å². The van der Waals surface area contributed by atoms with Crippen molar-refractivity contribution in [2.24, 2.45) is 0 Å². The second kappa shape index (κ2) is 8.25. The number of aryl methyl sites for hydroxylation is 1. The van der Waals surface area contributed by atoms with Crippen molar-refractivity contribution in [3.05, 3.63) is 64.8 Å². The summed E-state index contributed by atoms with van der Waals surface area (Å²) in [5.74, 6) is -0.343. The summed E-state index contributed by atoms with van der Waals surface area (Å²) in [6.45, 7) is 2.27. The quantitative estimate of drug-likeness (QED) is 0.631. The lowest BCUT2D eigenvalue weighted by molar-refractivity contribution is -0.122. The standard InChI is InChI=1S/C19H17N3O2S2/c1-13-4-6-14(7-5-13)11-16-18(24)22(19(25)26-16)10-8-17(23)21-15-3-2-9-20-12-15/h2-7,9,11-12H,8,10H2,1H3,(H,21,23). The molecule has 0 bridgehead atoms. The lowest BCUT2D eigenvalue weighted by Gasteiger charge is -2.14.